The van der Waals surface area contributed by atoms with Crippen LogP contribution >= 0.6 is 7.60 Å². The van der Waals surface area contributed by atoms with E-state index in [0.29, 0.717) is 5.69 Å². The predicted molar refractivity (Wildman–Crippen MR) is 82.5 cm³/mol. The average molecular weight is 307 g/mol. The average Bonchev–Trinajstić information content (AvgIpc) is 2.54. The summed E-state index contributed by atoms with van der Waals surface area (Å²) in [5.74, 6) is -0.475. The van der Waals surface area contributed by atoms with E-state index in [0.717, 1.165) is 5.56 Å². The largest absolute Gasteiger partial charge is 0.508 e. The molecule has 2 aromatic carbocycles. The molecule has 0 amide bonds. The van der Waals surface area contributed by atoms with Crippen LogP contribution in [0.2, 0.25) is 0 Å². The quantitative estimate of drug-likeness (QED) is 0.624. The summed E-state index contributed by atoms with van der Waals surface area (Å²) < 4.78 is 23.0. The standard InChI is InChI=1S/C15H18NO4P/c1-19-21(18,20-2)15(12-6-4-3-5-7-12)16-13-8-10-14(17)11-9-13/h3-11,15-17H,1-2H3. The number of phenols is 1. The molecule has 0 aliphatic carbocycles. The first-order valence-corrected chi connectivity index (χ1v) is 8.02. The van der Waals surface area contributed by atoms with Crippen molar-refractivity contribution in [3.63, 3.8) is 0 Å². The van der Waals surface area contributed by atoms with Gasteiger partial charge in [0, 0.05) is 19.9 Å². The van der Waals surface area contributed by atoms with Gasteiger partial charge in [0.2, 0.25) is 0 Å². The van der Waals surface area contributed by atoms with Crippen LogP contribution in [0.25, 0.3) is 0 Å². The number of rotatable bonds is 6. The molecule has 2 rings (SSSR count). The molecule has 0 saturated heterocycles. The van der Waals surface area contributed by atoms with E-state index < -0.39 is 13.4 Å². The van der Waals surface area contributed by atoms with E-state index in [1.807, 2.05) is 30.3 Å². The van der Waals surface area contributed by atoms with Crippen LogP contribution in [0.1, 0.15) is 11.3 Å². The van der Waals surface area contributed by atoms with Crippen LogP contribution < -0.4 is 5.32 Å². The molecule has 5 nitrogen and oxygen atoms in total. The van der Waals surface area contributed by atoms with Crippen molar-refractivity contribution in [2.75, 3.05) is 19.5 Å². The second-order valence-electron chi connectivity index (χ2n) is 4.41. The summed E-state index contributed by atoms with van der Waals surface area (Å²) >= 11 is 0. The number of aromatic hydroxyl groups is 1. The van der Waals surface area contributed by atoms with Crippen molar-refractivity contribution >= 4 is 13.3 Å². The molecule has 1 atom stereocenters. The molecule has 21 heavy (non-hydrogen) atoms. The number of nitrogens with one attached hydrogen (secondary N) is 1. The van der Waals surface area contributed by atoms with Gasteiger partial charge in [0.25, 0.3) is 0 Å². The molecule has 0 fully saturated rings. The minimum absolute atomic E-state index is 0.165. The summed E-state index contributed by atoms with van der Waals surface area (Å²) in [6.45, 7) is 0. The van der Waals surface area contributed by atoms with Gasteiger partial charge >= 0.3 is 7.60 Å². The summed E-state index contributed by atoms with van der Waals surface area (Å²) in [6, 6.07) is 15.8. The summed E-state index contributed by atoms with van der Waals surface area (Å²) in [5.41, 5.74) is 1.49. The van der Waals surface area contributed by atoms with E-state index >= 15 is 0 Å². The molecule has 112 valence electrons. The van der Waals surface area contributed by atoms with Gasteiger partial charge in [0.1, 0.15) is 5.75 Å². The maximum atomic E-state index is 12.8. The Morgan fingerprint density at radius 2 is 1.57 bits per heavy atom. The normalized spacial score (nSPS) is 12.9. The first-order chi connectivity index (χ1) is 10.1. The number of benzene rings is 2. The Bertz CT molecular complexity index is 607. The monoisotopic (exact) mass is 307 g/mol. The van der Waals surface area contributed by atoms with Crippen LogP contribution in [0.5, 0.6) is 5.75 Å². The second-order valence-corrected chi connectivity index (χ2v) is 6.74. The Hall–Kier alpha value is -1.81. The molecule has 0 bridgehead atoms. The molecule has 0 spiro atoms. The topological polar surface area (TPSA) is 67.8 Å². The molecule has 0 radical (unpaired) electrons. The highest BCUT2D eigenvalue weighted by Crippen LogP contribution is 2.59. The van der Waals surface area contributed by atoms with Crippen LogP contribution in [0, 0.1) is 0 Å². The van der Waals surface area contributed by atoms with Gasteiger partial charge < -0.3 is 19.5 Å². The molecule has 1 unspecified atom stereocenters. The first kappa shape index (κ1) is 15.6. The summed E-state index contributed by atoms with van der Waals surface area (Å²) in [4.78, 5) is 0. The SMILES string of the molecule is COP(=O)(OC)C(Nc1ccc(O)cc1)c1ccccc1. The zero-order chi connectivity index (χ0) is 15.3. The van der Waals surface area contributed by atoms with Crippen LogP contribution in [0.15, 0.2) is 54.6 Å². The van der Waals surface area contributed by atoms with Gasteiger partial charge in [-0.15, -0.1) is 0 Å². The molecule has 0 heterocycles. The highest BCUT2D eigenvalue weighted by Gasteiger charge is 2.35. The predicted octanol–water partition coefficient (Wildman–Crippen LogP) is 3.99. The van der Waals surface area contributed by atoms with Gasteiger partial charge in [0.05, 0.1) is 0 Å². The summed E-state index contributed by atoms with van der Waals surface area (Å²) in [5, 5.41) is 12.5. The Kier molecular flexibility index (Phi) is 5.02. The highest BCUT2D eigenvalue weighted by atomic mass is 31.2. The molecule has 0 aliphatic rings. The van der Waals surface area contributed by atoms with Crippen molar-refractivity contribution in [2.24, 2.45) is 0 Å². The van der Waals surface area contributed by atoms with Crippen molar-refractivity contribution in [1.29, 1.82) is 0 Å². The smallest absolute Gasteiger partial charge is 0.356 e. The second kappa shape index (κ2) is 6.76. The van der Waals surface area contributed by atoms with Crippen LogP contribution in [0.4, 0.5) is 5.69 Å². The van der Waals surface area contributed by atoms with Gasteiger partial charge in [-0.05, 0) is 29.8 Å². The van der Waals surface area contributed by atoms with E-state index in [2.05, 4.69) is 5.32 Å². The first-order valence-electron chi connectivity index (χ1n) is 6.41. The number of anilines is 1. The molecule has 0 aromatic heterocycles. The lowest BCUT2D eigenvalue weighted by atomic mass is 10.2. The third-order valence-electron chi connectivity index (χ3n) is 3.11. The van der Waals surface area contributed by atoms with E-state index in [1.54, 1.807) is 24.3 Å². The summed E-state index contributed by atoms with van der Waals surface area (Å²) in [6.07, 6.45) is 0. The fraction of sp³-hybridized carbons (Fsp3) is 0.200. The van der Waals surface area contributed by atoms with E-state index in [-0.39, 0.29) is 5.75 Å². The van der Waals surface area contributed by atoms with Gasteiger partial charge in [-0.1, -0.05) is 30.3 Å². The Morgan fingerprint density at radius 1 is 1.00 bits per heavy atom. The third-order valence-corrected chi connectivity index (χ3v) is 5.19. The Labute approximate surface area is 124 Å². The number of phenolic OH excluding ortho intramolecular Hbond substituents is 1. The zero-order valence-corrected chi connectivity index (χ0v) is 12.8. The minimum Gasteiger partial charge on any atom is -0.508 e. The maximum Gasteiger partial charge on any atom is 0.356 e. The maximum absolute atomic E-state index is 12.8. The third kappa shape index (κ3) is 3.64. The minimum atomic E-state index is -3.36. The molecule has 0 saturated carbocycles. The lowest BCUT2D eigenvalue weighted by Gasteiger charge is -2.26. The van der Waals surface area contributed by atoms with Crippen LogP contribution in [0.3, 0.4) is 0 Å². The van der Waals surface area contributed by atoms with Gasteiger partial charge in [-0.25, -0.2) is 0 Å². The van der Waals surface area contributed by atoms with Crippen molar-refractivity contribution < 1.29 is 18.7 Å². The number of hydrogen-bond donors (Lipinski definition) is 2. The molecule has 2 N–H and O–H groups in total. The Morgan fingerprint density at radius 3 is 2.10 bits per heavy atom. The fourth-order valence-electron chi connectivity index (χ4n) is 1.98. The zero-order valence-electron chi connectivity index (χ0n) is 11.9. The van der Waals surface area contributed by atoms with E-state index in [1.165, 1.54) is 14.2 Å². The van der Waals surface area contributed by atoms with Crippen molar-refractivity contribution in [3.8, 4) is 5.75 Å². The molecular formula is C15H18NO4P. The lowest BCUT2D eigenvalue weighted by Crippen LogP contribution is -2.13. The van der Waals surface area contributed by atoms with Crippen molar-refractivity contribution in [3.05, 3.63) is 60.2 Å². The Balaban J connectivity index is 2.37. The van der Waals surface area contributed by atoms with Crippen molar-refractivity contribution in [2.45, 2.75) is 5.78 Å². The van der Waals surface area contributed by atoms with Crippen LogP contribution in [-0.4, -0.2) is 19.3 Å². The van der Waals surface area contributed by atoms with Crippen molar-refractivity contribution in [1.82, 2.24) is 0 Å². The van der Waals surface area contributed by atoms with Gasteiger partial charge in [0.15, 0.2) is 5.78 Å². The van der Waals surface area contributed by atoms with E-state index in [4.69, 9.17) is 9.05 Å². The molecule has 6 heteroatoms. The summed E-state index contributed by atoms with van der Waals surface area (Å²) in [7, 11) is -0.644. The van der Waals surface area contributed by atoms with Crippen LogP contribution in [-0.2, 0) is 13.6 Å². The highest BCUT2D eigenvalue weighted by molar-refractivity contribution is 7.54. The fourth-order valence-corrected chi connectivity index (χ4v) is 3.40. The molecule has 0 aliphatic heterocycles. The molecule has 2 aromatic rings. The number of hydrogen-bond acceptors (Lipinski definition) is 5. The van der Waals surface area contributed by atoms with E-state index in [9.17, 15) is 9.67 Å². The van der Waals surface area contributed by atoms with Gasteiger partial charge in [-0.3, -0.25) is 4.57 Å². The lowest BCUT2D eigenvalue weighted by molar-refractivity contribution is 0.268. The molecular weight excluding hydrogens is 289 g/mol. The van der Waals surface area contributed by atoms with Gasteiger partial charge in [-0.2, -0.15) is 0 Å².